The van der Waals surface area contributed by atoms with Crippen molar-refractivity contribution in [2.75, 3.05) is 19.7 Å². The second-order valence-electron chi connectivity index (χ2n) is 5.79. The van der Waals surface area contributed by atoms with E-state index in [4.69, 9.17) is 4.74 Å². The summed E-state index contributed by atoms with van der Waals surface area (Å²) in [5.74, 6) is 2.78. The van der Waals surface area contributed by atoms with E-state index in [1.165, 1.54) is 36.3 Å². The Morgan fingerprint density at radius 3 is 3.22 bits per heavy atom. The van der Waals surface area contributed by atoms with Crippen LogP contribution in [0.15, 0.2) is 18.2 Å². The van der Waals surface area contributed by atoms with E-state index in [1.54, 1.807) is 0 Å². The summed E-state index contributed by atoms with van der Waals surface area (Å²) in [7, 11) is 0. The normalized spacial score (nSPS) is 27.4. The SMILES string of the molecule is CC1CCNCC1Cc1cccc2c1OCCC2. The Morgan fingerprint density at radius 1 is 1.39 bits per heavy atom. The molecule has 0 bridgehead atoms. The van der Waals surface area contributed by atoms with E-state index in [0.717, 1.165) is 37.8 Å². The second-order valence-corrected chi connectivity index (χ2v) is 5.79. The van der Waals surface area contributed by atoms with Crippen LogP contribution in [0.25, 0.3) is 0 Å². The fourth-order valence-electron chi connectivity index (χ4n) is 3.23. The maximum Gasteiger partial charge on any atom is 0.125 e. The molecule has 3 rings (SSSR count). The lowest BCUT2D eigenvalue weighted by Gasteiger charge is -2.31. The third kappa shape index (κ3) is 2.39. The summed E-state index contributed by atoms with van der Waals surface area (Å²) in [6, 6.07) is 6.68. The van der Waals surface area contributed by atoms with E-state index in [2.05, 4.69) is 30.4 Å². The summed E-state index contributed by atoms with van der Waals surface area (Å²) >= 11 is 0. The molecule has 2 heteroatoms. The first kappa shape index (κ1) is 12.0. The predicted molar refractivity (Wildman–Crippen MR) is 74.1 cm³/mol. The molecule has 2 heterocycles. The van der Waals surface area contributed by atoms with Gasteiger partial charge in [0.25, 0.3) is 0 Å². The Bertz CT molecular complexity index is 416. The summed E-state index contributed by atoms with van der Waals surface area (Å²) in [5.41, 5.74) is 2.84. The quantitative estimate of drug-likeness (QED) is 0.865. The molecule has 1 aromatic rings. The van der Waals surface area contributed by atoms with Crippen LogP contribution >= 0.6 is 0 Å². The van der Waals surface area contributed by atoms with Crippen molar-refractivity contribution in [2.45, 2.75) is 32.6 Å². The molecule has 2 nitrogen and oxygen atoms in total. The van der Waals surface area contributed by atoms with E-state index in [-0.39, 0.29) is 0 Å². The van der Waals surface area contributed by atoms with Gasteiger partial charge >= 0.3 is 0 Å². The highest BCUT2D eigenvalue weighted by molar-refractivity contribution is 5.43. The molecule has 98 valence electrons. The van der Waals surface area contributed by atoms with Gasteiger partial charge in [0.15, 0.2) is 0 Å². The summed E-state index contributed by atoms with van der Waals surface area (Å²) in [6.07, 6.45) is 4.82. The first-order valence-electron chi connectivity index (χ1n) is 7.29. The Kier molecular flexibility index (Phi) is 3.55. The molecule has 2 aliphatic rings. The number of hydrogen-bond donors (Lipinski definition) is 1. The maximum atomic E-state index is 5.91. The van der Waals surface area contributed by atoms with Gasteiger partial charge in [0, 0.05) is 0 Å². The molecule has 0 saturated carbocycles. The lowest BCUT2D eigenvalue weighted by atomic mass is 9.83. The van der Waals surface area contributed by atoms with E-state index in [0.29, 0.717) is 0 Å². The van der Waals surface area contributed by atoms with Crippen LogP contribution in [0.3, 0.4) is 0 Å². The number of ether oxygens (including phenoxy) is 1. The molecule has 1 N–H and O–H groups in total. The van der Waals surface area contributed by atoms with Crippen molar-refractivity contribution in [3.8, 4) is 5.75 Å². The van der Waals surface area contributed by atoms with Crippen LogP contribution in [0.1, 0.15) is 30.9 Å². The van der Waals surface area contributed by atoms with Crippen LogP contribution in [0.2, 0.25) is 0 Å². The smallest absolute Gasteiger partial charge is 0.125 e. The van der Waals surface area contributed by atoms with Crippen LogP contribution in [0, 0.1) is 11.8 Å². The molecule has 18 heavy (non-hydrogen) atoms. The van der Waals surface area contributed by atoms with Crippen molar-refractivity contribution < 1.29 is 4.74 Å². The predicted octanol–water partition coefficient (Wildman–Crippen LogP) is 2.80. The zero-order valence-electron chi connectivity index (χ0n) is 11.2. The van der Waals surface area contributed by atoms with E-state index in [9.17, 15) is 0 Å². The van der Waals surface area contributed by atoms with E-state index in [1.807, 2.05) is 0 Å². The minimum Gasteiger partial charge on any atom is -0.493 e. The molecule has 2 unspecified atom stereocenters. The highest BCUT2D eigenvalue weighted by Gasteiger charge is 2.23. The number of nitrogens with one attached hydrogen (secondary N) is 1. The Balaban J connectivity index is 1.79. The van der Waals surface area contributed by atoms with Crippen LogP contribution in [0.5, 0.6) is 5.75 Å². The number of benzene rings is 1. The molecule has 1 fully saturated rings. The maximum absolute atomic E-state index is 5.91. The monoisotopic (exact) mass is 245 g/mol. The van der Waals surface area contributed by atoms with E-state index >= 15 is 0 Å². The van der Waals surface area contributed by atoms with Gasteiger partial charge in [0.2, 0.25) is 0 Å². The molecule has 1 aromatic carbocycles. The zero-order chi connectivity index (χ0) is 12.4. The zero-order valence-corrected chi connectivity index (χ0v) is 11.2. The fraction of sp³-hybridized carbons (Fsp3) is 0.625. The summed E-state index contributed by atoms with van der Waals surface area (Å²) < 4.78 is 5.91. The van der Waals surface area contributed by atoms with Gasteiger partial charge < -0.3 is 10.1 Å². The molecule has 2 atom stereocenters. The number of piperidine rings is 1. The van der Waals surface area contributed by atoms with Crippen LogP contribution in [0.4, 0.5) is 0 Å². The largest absolute Gasteiger partial charge is 0.493 e. The van der Waals surface area contributed by atoms with Gasteiger partial charge in [-0.3, -0.25) is 0 Å². The van der Waals surface area contributed by atoms with Crippen molar-refractivity contribution in [3.05, 3.63) is 29.3 Å². The Labute approximate surface area is 110 Å². The lowest BCUT2D eigenvalue weighted by Crippen LogP contribution is -2.36. The average Bonchev–Trinajstić information content (AvgIpc) is 2.42. The first-order chi connectivity index (χ1) is 8.84. The van der Waals surface area contributed by atoms with Crippen molar-refractivity contribution >= 4 is 0 Å². The highest BCUT2D eigenvalue weighted by Crippen LogP contribution is 2.32. The fourth-order valence-corrected chi connectivity index (χ4v) is 3.23. The van der Waals surface area contributed by atoms with E-state index < -0.39 is 0 Å². The van der Waals surface area contributed by atoms with Crippen molar-refractivity contribution in [1.82, 2.24) is 5.32 Å². The van der Waals surface area contributed by atoms with Crippen LogP contribution < -0.4 is 10.1 Å². The van der Waals surface area contributed by atoms with Gasteiger partial charge in [0.05, 0.1) is 6.61 Å². The van der Waals surface area contributed by atoms with Crippen LogP contribution in [-0.4, -0.2) is 19.7 Å². The van der Waals surface area contributed by atoms with Crippen molar-refractivity contribution in [2.24, 2.45) is 11.8 Å². The standard InChI is InChI=1S/C16H23NO/c1-12-7-8-17-11-15(12)10-14-5-2-4-13-6-3-9-18-16(13)14/h2,4-5,12,15,17H,3,6-11H2,1H3. The molecule has 2 aliphatic heterocycles. The lowest BCUT2D eigenvalue weighted by molar-refractivity contribution is 0.259. The van der Waals surface area contributed by atoms with Gasteiger partial charge in [-0.15, -0.1) is 0 Å². The minimum absolute atomic E-state index is 0.760. The second kappa shape index (κ2) is 5.31. The number of fused-ring (bicyclic) bond motifs is 1. The van der Waals surface area contributed by atoms with Gasteiger partial charge in [-0.1, -0.05) is 25.1 Å². The van der Waals surface area contributed by atoms with Crippen molar-refractivity contribution in [1.29, 1.82) is 0 Å². The van der Waals surface area contributed by atoms with Gasteiger partial charge in [-0.25, -0.2) is 0 Å². The molecule has 1 saturated heterocycles. The summed E-state index contributed by atoms with van der Waals surface area (Å²) in [5, 5.41) is 3.52. The topological polar surface area (TPSA) is 21.3 Å². The third-order valence-electron chi connectivity index (χ3n) is 4.48. The highest BCUT2D eigenvalue weighted by atomic mass is 16.5. The molecule has 0 aliphatic carbocycles. The van der Waals surface area contributed by atoms with Gasteiger partial charge in [-0.2, -0.15) is 0 Å². The Morgan fingerprint density at radius 2 is 2.33 bits per heavy atom. The average molecular weight is 245 g/mol. The molecular formula is C16H23NO. The number of hydrogen-bond acceptors (Lipinski definition) is 2. The number of rotatable bonds is 2. The van der Waals surface area contributed by atoms with Gasteiger partial charge in [0.1, 0.15) is 5.75 Å². The van der Waals surface area contributed by atoms with Gasteiger partial charge in [-0.05, 0) is 61.7 Å². The molecule has 0 radical (unpaired) electrons. The Hall–Kier alpha value is -1.02. The molecule has 0 amide bonds. The minimum atomic E-state index is 0.760. The molecule has 0 spiro atoms. The number of aryl methyl sites for hydroxylation is 1. The van der Waals surface area contributed by atoms with Crippen molar-refractivity contribution in [3.63, 3.8) is 0 Å². The number of para-hydroxylation sites is 1. The summed E-state index contributed by atoms with van der Waals surface area (Å²) in [6.45, 7) is 5.62. The first-order valence-corrected chi connectivity index (χ1v) is 7.29. The van der Waals surface area contributed by atoms with Crippen LogP contribution in [-0.2, 0) is 12.8 Å². The third-order valence-corrected chi connectivity index (χ3v) is 4.48. The summed E-state index contributed by atoms with van der Waals surface area (Å²) in [4.78, 5) is 0. The molecular weight excluding hydrogens is 222 g/mol. The molecule has 0 aromatic heterocycles.